The maximum absolute atomic E-state index is 12.6. The van der Waals surface area contributed by atoms with Crippen LogP contribution in [-0.2, 0) is 0 Å². The lowest BCUT2D eigenvalue weighted by Gasteiger charge is -2.15. The Labute approximate surface area is 139 Å². The molecule has 4 rings (SSSR count). The lowest BCUT2D eigenvalue weighted by Crippen LogP contribution is -2.18. The summed E-state index contributed by atoms with van der Waals surface area (Å²) in [7, 11) is 0. The van der Waals surface area contributed by atoms with Gasteiger partial charge in [0, 0.05) is 6.07 Å². The van der Waals surface area contributed by atoms with Gasteiger partial charge in [-0.05, 0) is 48.6 Å². The molecule has 1 fully saturated rings. The molecule has 1 amide bonds. The third-order valence-corrected chi connectivity index (χ3v) is 4.71. The van der Waals surface area contributed by atoms with Crippen LogP contribution in [0.15, 0.2) is 48.7 Å². The molecule has 122 valence electrons. The van der Waals surface area contributed by atoms with Gasteiger partial charge in [0.2, 0.25) is 0 Å². The number of anilines is 1. The van der Waals surface area contributed by atoms with Crippen LogP contribution >= 0.6 is 0 Å². The molecule has 24 heavy (non-hydrogen) atoms. The molecule has 1 aliphatic rings. The average Bonchev–Trinajstić information content (AvgIpc) is 3.33. The number of carbonyl (C=O) groups excluding carboxylic acids is 1. The Kier molecular flexibility index (Phi) is 3.49. The highest BCUT2D eigenvalue weighted by Gasteiger charge is 2.31. The van der Waals surface area contributed by atoms with Gasteiger partial charge in [0.25, 0.3) is 5.91 Å². The lowest BCUT2D eigenvalue weighted by molar-refractivity contribution is 0.102. The minimum Gasteiger partial charge on any atom is -0.507 e. The van der Waals surface area contributed by atoms with Gasteiger partial charge in [-0.3, -0.25) is 4.79 Å². The predicted molar refractivity (Wildman–Crippen MR) is 93.2 cm³/mol. The largest absolute Gasteiger partial charge is 0.507 e. The third-order valence-electron chi connectivity index (χ3n) is 4.71. The number of aromatic nitrogens is 2. The minimum atomic E-state index is -0.331. The van der Waals surface area contributed by atoms with E-state index in [1.165, 1.54) is 12.8 Å². The summed E-state index contributed by atoms with van der Waals surface area (Å²) in [6.07, 6.45) is 4.11. The van der Waals surface area contributed by atoms with Crippen LogP contribution in [0.1, 0.15) is 36.2 Å². The Hall–Kier alpha value is -2.82. The van der Waals surface area contributed by atoms with Crippen LogP contribution in [0.5, 0.6) is 5.75 Å². The molecule has 0 bridgehead atoms. The van der Waals surface area contributed by atoms with Crippen molar-refractivity contribution in [2.45, 2.75) is 25.8 Å². The van der Waals surface area contributed by atoms with Gasteiger partial charge in [0.1, 0.15) is 11.6 Å². The summed E-state index contributed by atoms with van der Waals surface area (Å²) >= 11 is 0. The lowest BCUT2D eigenvalue weighted by atomic mass is 10.1. The number of nitrogens with one attached hydrogen (secondary N) is 1. The summed E-state index contributed by atoms with van der Waals surface area (Å²) in [6, 6.07) is 13.0. The van der Waals surface area contributed by atoms with Crippen LogP contribution in [0.25, 0.3) is 10.8 Å². The molecule has 5 nitrogen and oxygen atoms in total. The van der Waals surface area contributed by atoms with E-state index in [-0.39, 0.29) is 23.3 Å². The topological polar surface area (TPSA) is 67.2 Å². The van der Waals surface area contributed by atoms with E-state index in [0.29, 0.717) is 11.7 Å². The number of rotatable bonds is 4. The normalized spacial score (nSPS) is 15.4. The van der Waals surface area contributed by atoms with Crippen molar-refractivity contribution in [1.82, 2.24) is 9.78 Å². The number of benzene rings is 2. The Bertz CT molecular complexity index is 912. The van der Waals surface area contributed by atoms with E-state index in [1.807, 2.05) is 28.9 Å². The monoisotopic (exact) mass is 321 g/mol. The van der Waals surface area contributed by atoms with E-state index >= 15 is 0 Å². The highest BCUT2D eigenvalue weighted by molar-refractivity contribution is 6.08. The first-order chi connectivity index (χ1) is 11.6. The molecule has 2 aromatic carbocycles. The van der Waals surface area contributed by atoms with Gasteiger partial charge < -0.3 is 10.4 Å². The number of hydrogen-bond donors (Lipinski definition) is 2. The summed E-state index contributed by atoms with van der Waals surface area (Å²) in [5.41, 5.74) is 0.264. The molecule has 1 heterocycles. The second kappa shape index (κ2) is 5.67. The molecule has 1 atom stereocenters. The predicted octanol–water partition coefficient (Wildman–Crippen LogP) is 3.97. The highest BCUT2D eigenvalue weighted by atomic mass is 16.3. The first-order valence-electron chi connectivity index (χ1n) is 8.20. The number of nitrogens with zero attached hydrogens (tertiary/aromatic N) is 2. The molecule has 1 aliphatic carbocycles. The molecule has 1 aromatic heterocycles. The van der Waals surface area contributed by atoms with E-state index < -0.39 is 0 Å². The first kappa shape index (κ1) is 14.8. The number of carbonyl (C=O) groups is 1. The van der Waals surface area contributed by atoms with Crippen LogP contribution in [0.2, 0.25) is 0 Å². The maximum atomic E-state index is 12.6. The molecular formula is C19H19N3O2. The third kappa shape index (κ3) is 2.62. The molecule has 1 unspecified atom stereocenters. The molecule has 0 aliphatic heterocycles. The van der Waals surface area contributed by atoms with Crippen molar-refractivity contribution >= 4 is 22.5 Å². The summed E-state index contributed by atoms with van der Waals surface area (Å²) in [5.74, 6) is 0.942. The molecule has 5 heteroatoms. The van der Waals surface area contributed by atoms with Gasteiger partial charge in [-0.15, -0.1) is 0 Å². The Morgan fingerprint density at radius 1 is 1.25 bits per heavy atom. The van der Waals surface area contributed by atoms with Crippen LogP contribution in [0, 0.1) is 5.92 Å². The van der Waals surface area contributed by atoms with Crippen LogP contribution in [0.4, 0.5) is 5.82 Å². The van der Waals surface area contributed by atoms with Crippen molar-refractivity contribution < 1.29 is 9.90 Å². The standard InChI is InChI=1S/C19H19N3O2/c1-12(13-6-7-13)22-18(8-9-20-22)21-19(24)16-10-14-4-2-3-5-15(14)11-17(16)23/h2-5,8-13,23H,6-7H2,1H3,(H,21,24). The summed E-state index contributed by atoms with van der Waals surface area (Å²) in [4.78, 5) is 12.6. The van der Waals surface area contributed by atoms with Crippen molar-refractivity contribution in [1.29, 1.82) is 0 Å². The van der Waals surface area contributed by atoms with Gasteiger partial charge in [0.05, 0.1) is 17.8 Å². The number of phenolic OH excluding ortho intramolecular Hbond substituents is 1. The average molecular weight is 321 g/mol. The first-order valence-corrected chi connectivity index (χ1v) is 8.20. The van der Waals surface area contributed by atoms with Crippen LogP contribution in [0.3, 0.4) is 0 Å². The quantitative estimate of drug-likeness (QED) is 0.764. The molecular weight excluding hydrogens is 302 g/mol. The zero-order valence-corrected chi connectivity index (χ0v) is 13.4. The smallest absolute Gasteiger partial charge is 0.260 e. The van der Waals surface area contributed by atoms with E-state index in [9.17, 15) is 9.90 Å². The summed E-state index contributed by atoms with van der Waals surface area (Å²) in [5, 5.41) is 19.2. The van der Waals surface area contributed by atoms with E-state index in [0.717, 1.165) is 10.8 Å². The molecule has 0 radical (unpaired) electrons. The number of fused-ring (bicyclic) bond motifs is 1. The Balaban J connectivity index is 1.63. The van der Waals surface area contributed by atoms with E-state index in [4.69, 9.17) is 0 Å². The number of aromatic hydroxyl groups is 1. The van der Waals surface area contributed by atoms with Crippen LogP contribution in [-0.4, -0.2) is 20.8 Å². The number of hydrogen-bond acceptors (Lipinski definition) is 3. The molecule has 0 saturated heterocycles. The number of amides is 1. The van der Waals surface area contributed by atoms with Crippen molar-refractivity contribution in [3.8, 4) is 5.75 Å². The maximum Gasteiger partial charge on any atom is 0.260 e. The Morgan fingerprint density at radius 3 is 2.67 bits per heavy atom. The van der Waals surface area contributed by atoms with Gasteiger partial charge >= 0.3 is 0 Å². The second-order valence-electron chi connectivity index (χ2n) is 6.41. The van der Waals surface area contributed by atoms with Gasteiger partial charge in [-0.1, -0.05) is 24.3 Å². The van der Waals surface area contributed by atoms with Crippen molar-refractivity contribution in [2.75, 3.05) is 5.32 Å². The second-order valence-corrected chi connectivity index (χ2v) is 6.41. The van der Waals surface area contributed by atoms with Crippen molar-refractivity contribution in [2.24, 2.45) is 5.92 Å². The van der Waals surface area contributed by atoms with Gasteiger partial charge in [0.15, 0.2) is 0 Å². The molecule has 3 aromatic rings. The van der Waals surface area contributed by atoms with Gasteiger partial charge in [-0.2, -0.15) is 5.10 Å². The minimum absolute atomic E-state index is 0.0208. The fourth-order valence-corrected chi connectivity index (χ4v) is 3.11. The van der Waals surface area contributed by atoms with E-state index in [1.54, 1.807) is 24.4 Å². The summed E-state index contributed by atoms with van der Waals surface area (Å²) in [6.45, 7) is 2.12. The summed E-state index contributed by atoms with van der Waals surface area (Å²) < 4.78 is 1.85. The highest BCUT2D eigenvalue weighted by Crippen LogP contribution is 2.40. The van der Waals surface area contributed by atoms with E-state index in [2.05, 4.69) is 17.3 Å². The van der Waals surface area contributed by atoms with Crippen molar-refractivity contribution in [3.05, 3.63) is 54.2 Å². The number of phenols is 1. The SMILES string of the molecule is CC(C1CC1)n1nccc1NC(=O)c1cc2ccccc2cc1O. The zero-order valence-electron chi connectivity index (χ0n) is 13.4. The van der Waals surface area contributed by atoms with Crippen LogP contribution < -0.4 is 5.32 Å². The van der Waals surface area contributed by atoms with Crippen molar-refractivity contribution in [3.63, 3.8) is 0 Å². The fourth-order valence-electron chi connectivity index (χ4n) is 3.11. The molecule has 0 spiro atoms. The fraction of sp³-hybridized carbons (Fsp3) is 0.263. The Morgan fingerprint density at radius 2 is 1.96 bits per heavy atom. The van der Waals surface area contributed by atoms with Gasteiger partial charge in [-0.25, -0.2) is 4.68 Å². The molecule has 2 N–H and O–H groups in total. The molecule has 1 saturated carbocycles. The zero-order chi connectivity index (χ0) is 16.7.